The highest BCUT2D eigenvalue weighted by molar-refractivity contribution is 4.93. The predicted molar refractivity (Wildman–Crippen MR) is 134 cm³/mol. The van der Waals surface area contributed by atoms with Gasteiger partial charge in [0.25, 0.3) is 6.08 Å². The van der Waals surface area contributed by atoms with E-state index < -0.39 is 6.08 Å². The van der Waals surface area contributed by atoms with E-state index in [1.54, 1.807) is 0 Å². The van der Waals surface area contributed by atoms with Crippen LogP contribution in [0.4, 0.5) is 8.78 Å². The van der Waals surface area contributed by atoms with E-state index >= 15 is 0 Å². The fraction of sp³-hybridized carbons (Fsp3) is 0.800. The maximum absolute atomic E-state index is 12.5. The van der Waals surface area contributed by atoms with Crippen molar-refractivity contribution >= 4 is 0 Å². The monoisotopic (exact) mass is 476 g/mol. The lowest BCUT2D eigenvalue weighted by Gasteiger charge is -2.42. The van der Waals surface area contributed by atoms with Crippen LogP contribution in [-0.2, 0) is 9.47 Å². The molecule has 0 bridgehead atoms. The van der Waals surface area contributed by atoms with Gasteiger partial charge in [0.15, 0.2) is 6.29 Å². The molecule has 1 heterocycles. The third-order valence-electron chi connectivity index (χ3n) is 9.59. The van der Waals surface area contributed by atoms with Crippen molar-refractivity contribution in [2.75, 3.05) is 13.2 Å². The van der Waals surface area contributed by atoms with E-state index in [2.05, 4.69) is 18.7 Å². The average Bonchev–Trinajstić information content (AvgIpc) is 2.87. The molecule has 4 rings (SSSR count). The zero-order valence-electron chi connectivity index (χ0n) is 21.0. The van der Waals surface area contributed by atoms with Crippen LogP contribution in [-0.4, -0.2) is 19.5 Å². The lowest BCUT2D eigenvalue weighted by atomic mass is 9.64. The van der Waals surface area contributed by atoms with Gasteiger partial charge >= 0.3 is 0 Å². The fourth-order valence-corrected chi connectivity index (χ4v) is 7.47. The van der Waals surface area contributed by atoms with Crippen LogP contribution in [0.3, 0.4) is 0 Å². The van der Waals surface area contributed by atoms with E-state index in [1.165, 1.54) is 57.4 Å². The Kier molecular flexibility index (Phi) is 10.2. The van der Waals surface area contributed by atoms with Crippen LogP contribution in [0.15, 0.2) is 37.0 Å². The molecule has 0 aromatic heterocycles. The van der Waals surface area contributed by atoms with Gasteiger partial charge < -0.3 is 9.47 Å². The highest BCUT2D eigenvalue weighted by Gasteiger charge is 2.36. The number of ether oxygens (including phenoxy) is 2. The SMILES string of the molecule is C=CCCC=CC1OCC(C2CCC(C3CCC(C4CCC(C=C(F)F)CC4)CC3)CC2)CO1. The van der Waals surface area contributed by atoms with Crippen molar-refractivity contribution in [3.63, 3.8) is 0 Å². The minimum absolute atomic E-state index is 0.123. The second-order valence-corrected chi connectivity index (χ2v) is 11.6. The molecule has 0 unspecified atom stereocenters. The molecule has 3 saturated carbocycles. The Bertz CT molecular complexity index is 653. The number of rotatable bonds is 8. The molecule has 0 radical (unpaired) electrons. The minimum Gasteiger partial charge on any atom is -0.349 e. The summed E-state index contributed by atoms with van der Waals surface area (Å²) in [7, 11) is 0. The molecule has 4 heteroatoms. The minimum atomic E-state index is -1.49. The smallest absolute Gasteiger partial charge is 0.266 e. The second kappa shape index (κ2) is 13.3. The molecule has 1 aliphatic heterocycles. The summed E-state index contributed by atoms with van der Waals surface area (Å²) >= 11 is 0. The van der Waals surface area contributed by atoms with Crippen LogP contribution >= 0.6 is 0 Å². The summed E-state index contributed by atoms with van der Waals surface area (Å²) in [5.74, 6) is 4.91. The number of allylic oxidation sites excluding steroid dienone is 3. The van der Waals surface area contributed by atoms with Gasteiger partial charge in [-0.25, -0.2) is 0 Å². The van der Waals surface area contributed by atoms with Crippen molar-refractivity contribution in [2.45, 2.75) is 96.2 Å². The van der Waals surface area contributed by atoms with Gasteiger partial charge in [-0.2, -0.15) is 8.78 Å². The van der Waals surface area contributed by atoms with E-state index in [-0.39, 0.29) is 12.2 Å². The fourth-order valence-electron chi connectivity index (χ4n) is 7.47. The molecule has 34 heavy (non-hydrogen) atoms. The number of hydrogen-bond donors (Lipinski definition) is 0. The Hall–Kier alpha value is -1.00. The quantitative estimate of drug-likeness (QED) is 0.258. The van der Waals surface area contributed by atoms with Crippen molar-refractivity contribution in [1.29, 1.82) is 0 Å². The first-order valence-corrected chi connectivity index (χ1v) is 14.2. The predicted octanol–water partition coefficient (Wildman–Crippen LogP) is 8.70. The average molecular weight is 477 g/mol. The topological polar surface area (TPSA) is 18.5 Å². The van der Waals surface area contributed by atoms with Crippen molar-refractivity contribution in [3.8, 4) is 0 Å². The third kappa shape index (κ3) is 7.50. The molecule has 192 valence electrons. The molecule has 0 amide bonds. The summed E-state index contributed by atoms with van der Waals surface area (Å²) in [6.07, 6.45) is 22.9. The second-order valence-electron chi connectivity index (χ2n) is 11.6. The highest BCUT2D eigenvalue weighted by Crippen LogP contribution is 2.47. The van der Waals surface area contributed by atoms with E-state index in [0.717, 1.165) is 81.3 Å². The molecule has 0 N–H and O–H groups in total. The first-order chi connectivity index (χ1) is 16.6. The molecular formula is C30H46F2O2. The summed E-state index contributed by atoms with van der Waals surface area (Å²) in [6.45, 7) is 5.44. The Morgan fingerprint density at radius 1 is 0.647 bits per heavy atom. The molecule has 3 aliphatic carbocycles. The number of unbranched alkanes of at least 4 members (excludes halogenated alkanes) is 1. The van der Waals surface area contributed by atoms with E-state index in [4.69, 9.17) is 9.47 Å². The van der Waals surface area contributed by atoms with Crippen LogP contribution in [0.1, 0.15) is 89.9 Å². The van der Waals surface area contributed by atoms with Gasteiger partial charge in [-0.15, -0.1) is 6.58 Å². The van der Waals surface area contributed by atoms with Crippen molar-refractivity contribution in [1.82, 2.24) is 0 Å². The number of hydrogen-bond acceptors (Lipinski definition) is 2. The molecule has 0 aromatic carbocycles. The molecule has 2 nitrogen and oxygen atoms in total. The van der Waals surface area contributed by atoms with Gasteiger partial charge in [0.2, 0.25) is 0 Å². The van der Waals surface area contributed by atoms with Gasteiger partial charge in [0.05, 0.1) is 13.2 Å². The molecule has 0 spiro atoms. The summed E-state index contributed by atoms with van der Waals surface area (Å²) in [6, 6.07) is 0. The van der Waals surface area contributed by atoms with Crippen molar-refractivity contribution in [2.24, 2.45) is 41.4 Å². The normalized spacial score (nSPS) is 39.6. The van der Waals surface area contributed by atoms with Crippen molar-refractivity contribution in [3.05, 3.63) is 37.0 Å². The summed E-state index contributed by atoms with van der Waals surface area (Å²) < 4.78 is 37.1. The zero-order valence-corrected chi connectivity index (χ0v) is 21.0. The summed E-state index contributed by atoms with van der Waals surface area (Å²) in [5, 5.41) is 0. The van der Waals surface area contributed by atoms with Gasteiger partial charge in [-0.3, -0.25) is 0 Å². The zero-order chi connectivity index (χ0) is 23.8. The third-order valence-corrected chi connectivity index (χ3v) is 9.59. The Morgan fingerprint density at radius 3 is 1.53 bits per heavy atom. The molecule has 0 atom stereocenters. The number of halogens is 2. The Labute approximate surface area is 206 Å². The first-order valence-electron chi connectivity index (χ1n) is 14.2. The van der Waals surface area contributed by atoms with Crippen LogP contribution in [0.2, 0.25) is 0 Å². The molecule has 4 aliphatic rings. The maximum Gasteiger partial charge on any atom is 0.266 e. The largest absolute Gasteiger partial charge is 0.349 e. The Balaban J connectivity index is 1.12. The van der Waals surface area contributed by atoms with Crippen molar-refractivity contribution < 1.29 is 18.3 Å². The van der Waals surface area contributed by atoms with Gasteiger partial charge in [-0.05, 0) is 138 Å². The maximum atomic E-state index is 12.5. The van der Waals surface area contributed by atoms with Crippen LogP contribution in [0.5, 0.6) is 0 Å². The van der Waals surface area contributed by atoms with Crippen LogP contribution in [0.25, 0.3) is 0 Å². The molecule has 1 saturated heterocycles. The van der Waals surface area contributed by atoms with E-state index in [1.807, 2.05) is 6.08 Å². The highest BCUT2D eigenvalue weighted by atomic mass is 19.3. The molecular weight excluding hydrogens is 430 g/mol. The van der Waals surface area contributed by atoms with Gasteiger partial charge in [-0.1, -0.05) is 12.2 Å². The van der Waals surface area contributed by atoms with Crippen LogP contribution in [0, 0.1) is 41.4 Å². The first kappa shape index (κ1) is 26.1. The summed E-state index contributed by atoms with van der Waals surface area (Å²) in [5.41, 5.74) is 0. The Morgan fingerprint density at radius 2 is 1.09 bits per heavy atom. The summed E-state index contributed by atoms with van der Waals surface area (Å²) in [4.78, 5) is 0. The van der Waals surface area contributed by atoms with Gasteiger partial charge in [0, 0.05) is 5.92 Å². The van der Waals surface area contributed by atoms with E-state index in [9.17, 15) is 8.78 Å². The molecule has 4 fully saturated rings. The van der Waals surface area contributed by atoms with Crippen LogP contribution < -0.4 is 0 Å². The molecule has 0 aromatic rings. The van der Waals surface area contributed by atoms with Gasteiger partial charge in [0.1, 0.15) is 0 Å². The van der Waals surface area contributed by atoms with E-state index in [0.29, 0.717) is 5.92 Å². The standard InChI is InChI=1S/C30H46F2O2/c1-2-3-4-5-6-30-33-20-28(21-34-30)27-17-15-26(16-18-27)25-13-11-24(12-14-25)23-9-7-22(8-10-23)19-29(31)32/h2,5-6,19,22-28,30H,1,3-4,7-18,20-21H2. The lowest BCUT2D eigenvalue weighted by Crippen LogP contribution is -2.37. The lowest BCUT2D eigenvalue weighted by molar-refractivity contribution is -0.186.